The van der Waals surface area contributed by atoms with Crippen LogP contribution in [0.4, 0.5) is 0 Å². The van der Waals surface area contributed by atoms with Gasteiger partial charge in [0.1, 0.15) is 0 Å². The van der Waals surface area contributed by atoms with Crippen molar-refractivity contribution < 1.29 is 8.42 Å². The molecule has 0 amide bonds. The summed E-state index contributed by atoms with van der Waals surface area (Å²) >= 11 is 1.90. The summed E-state index contributed by atoms with van der Waals surface area (Å²) in [5, 5.41) is 11.8. The molecule has 0 aliphatic heterocycles. The molecule has 0 spiro atoms. The van der Waals surface area contributed by atoms with Crippen LogP contribution in [-0.2, 0) is 16.6 Å². The van der Waals surface area contributed by atoms with Gasteiger partial charge in [-0.2, -0.15) is 0 Å². The lowest BCUT2D eigenvalue weighted by atomic mass is 10.2. The quantitative estimate of drug-likeness (QED) is 0.486. The first-order valence-electron chi connectivity index (χ1n) is 8.71. The van der Waals surface area contributed by atoms with Crippen LogP contribution >= 0.6 is 11.8 Å². The van der Waals surface area contributed by atoms with Crippen LogP contribution in [0.5, 0.6) is 0 Å². The van der Waals surface area contributed by atoms with Crippen LogP contribution in [-0.4, -0.2) is 32.7 Å². The van der Waals surface area contributed by atoms with Gasteiger partial charge in [-0.1, -0.05) is 30.3 Å². The highest BCUT2D eigenvalue weighted by Gasteiger charge is 2.43. The lowest BCUT2D eigenvalue weighted by Gasteiger charge is -2.18. The number of primary sulfonamides is 1. The smallest absolute Gasteiger partial charge is 0.238 e. The largest absolute Gasteiger partial charge is 0.355 e. The maximum atomic E-state index is 11.5. The van der Waals surface area contributed by atoms with E-state index in [0.29, 0.717) is 12.5 Å². The standard InChI is InChI=1S/C19H24N4O2S2/c1-21-18(22-13-15-6-5-9-17(12-15)27(20,24)25)23-14-19(10-11-19)26-16-7-3-2-4-8-16/h2-9,12H,10-11,13-14H2,1H3,(H2,20,24,25)(H2,21,22,23). The molecule has 3 rings (SSSR count). The number of aliphatic imine (C=N–C) groups is 1. The Bertz CT molecular complexity index is 910. The second kappa shape index (κ2) is 8.33. The van der Waals surface area contributed by atoms with Crippen molar-refractivity contribution >= 4 is 27.7 Å². The molecule has 0 radical (unpaired) electrons. The number of rotatable bonds is 7. The molecule has 1 aliphatic rings. The number of benzene rings is 2. The summed E-state index contributed by atoms with van der Waals surface area (Å²) in [5.41, 5.74) is 0.823. The Labute approximate surface area is 164 Å². The Morgan fingerprint density at radius 2 is 1.89 bits per heavy atom. The van der Waals surface area contributed by atoms with Crippen molar-refractivity contribution in [1.29, 1.82) is 0 Å². The monoisotopic (exact) mass is 404 g/mol. The van der Waals surface area contributed by atoms with E-state index in [9.17, 15) is 8.42 Å². The summed E-state index contributed by atoms with van der Waals surface area (Å²) in [4.78, 5) is 5.64. The molecule has 0 aromatic heterocycles. The van der Waals surface area contributed by atoms with Crippen molar-refractivity contribution in [2.75, 3.05) is 13.6 Å². The van der Waals surface area contributed by atoms with E-state index in [4.69, 9.17) is 5.14 Å². The fraction of sp³-hybridized carbons (Fsp3) is 0.316. The van der Waals surface area contributed by atoms with Crippen LogP contribution in [0.3, 0.4) is 0 Å². The number of nitrogens with one attached hydrogen (secondary N) is 2. The Morgan fingerprint density at radius 1 is 1.15 bits per heavy atom. The van der Waals surface area contributed by atoms with Gasteiger partial charge in [0.2, 0.25) is 10.0 Å². The average Bonchev–Trinajstić information content (AvgIpc) is 3.42. The minimum atomic E-state index is -3.70. The summed E-state index contributed by atoms with van der Waals surface area (Å²) in [7, 11) is -1.97. The third-order valence-corrected chi connectivity index (χ3v) is 6.78. The Kier molecular flexibility index (Phi) is 6.08. The summed E-state index contributed by atoms with van der Waals surface area (Å²) < 4.78 is 23.2. The number of hydrogen-bond donors (Lipinski definition) is 3. The zero-order valence-electron chi connectivity index (χ0n) is 15.2. The van der Waals surface area contributed by atoms with Crippen LogP contribution in [0.1, 0.15) is 18.4 Å². The molecule has 1 aliphatic carbocycles. The first-order chi connectivity index (χ1) is 12.9. The number of guanidine groups is 1. The lowest BCUT2D eigenvalue weighted by Crippen LogP contribution is -2.40. The molecular formula is C19H24N4O2S2. The predicted octanol–water partition coefficient (Wildman–Crippen LogP) is 2.32. The first kappa shape index (κ1) is 19.7. The van der Waals surface area contributed by atoms with Crippen molar-refractivity contribution in [2.24, 2.45) is 10.1 Å². The second-order valence-electron chi connectivity index (χ2n) is 6.57. The van der Waals surface area contributed by atoms with E-state index in [2.05, 4.69) is 39.9 Å². The van der Waals surface area contributed by atoms with E-state index >= 15 is 0 Å². The van der Waals surface area contributed by atoms with Crippen molar-refractivity contribution in [2.45, 2.75) is 33.9 Å². The summed E-state index contributed by atoms with van der Waals surface area (Å²) in [6.07, 6.45) is 2.35. The normalized spacial score (nSPS) is 16.0. The fourth-order valence-electron chi connectivity index (χ4n) is 2.68. The predicted molar refractivity (Wildman–Crippen MR) is 110 cm³/mol. The molecule has 8 heteroatoms. The van der Waals surface area contributed by atoms with Gasteiger partial charge in [0.15, 0.2) is 5.96 Å². The highest BCUT2D eigenvalue weighted by atomic mass is 32.2. The summed E-state index contributed by atoms with van der Waals surface area (Å²) in [6.45, 7) is 1.28. The molecule has 1 saturated carbocycles. The zero-order valence-corrected chi connectivity index (χ0v) is 16.8. The minimum absolute atomic E-state index is 0.112. The molecule has 0 bridgehead atoms. The SMILES string of the molecule is CN=C(NCc1cccc(S(N)(=O)=O)c1)NCC1(Sc2ccccc2)CC1. The van der Waals surface area contributed by atoms with Gasteiger partial charge in [-0.05, 0) is 42.7 Å². The number of thioether (sulfide) groups is 1. The van der Waals surface area contributed by atoms with Crippen LogP contribution in [0.15, 0.2) is 69.4 Å². The van der Waals surface area contributed by atoms with Crippen molar-refractivity contribution in [1.82, 2.24) is 10.6 Å². The highest BCUT2D eigenvalue weighted by Crippen LogP contribution is 2.51. The van der Waals surface area contributed by atoms with Gasteiger partial charge in [0.25, 0.3) is 0 Å². The third kappa shape index (κ3) is 5.72. The Balaban J connectivity index is 1.53. The first-order valence-corrected chi connectivity index (χ1v) is 11.1. The summed E-state index contributed by atoms with van der Waals surface area (Å²) in [6, 6.07) is 17.0. The molecule has 144 valence electrons. The van der Waals surface area contributed by atoms with Crippen LogP contribution in [0, 0.1) is 0 Å². The third-order valence-electron chi connectivity index (χ3n) is 4.37. The summed E-state index contributed by atoms with van der Waals surface area (Å²) in [5.74, 6) is 0.691. The molecule has 0 saturated heterocycles. The second-order valence-corrected chi connectivity index (χ2v) is 9.67. The van der Waals surface area contributed by atoms with E-state index in [1.54, 1.807) is 19.2 Å². The molecule has 0 atom stereocenters. The van der Waals surface area contributed by atoms with Gasteiger partial charge in [-0.15, -0.1) is 11.8 Å². The number of nitrogens with two attached hydrogens (primary N) is 1. The fourth-order valence-corrected chi connectivity index (χ4v) is 4.50. The molecule has 0 heterocycles. The average molecular weight is 405 g/mol. The molecular weight excluding hydrogens is 380 g/mol. The van der Waals surface area contributed by atoms with Gasteiger partial charge in [-0.3, -0.25) is 4.99 Å². The van der Waals surface area contributed by atoms with Crippen molar-refractivity contribution in [3.05, 3.63) is 60.2 Å². The van der Waals surface area contributed by atoms with Gasteiger partial charge >= 0.3 is 0 Å². The van der Waals surface area contributed by atoms with E-state index < -0.39 is 10.0 Å². The van der Waals surface area contributed by atoms with Crippen LogP contribution in [0.2, 0.25) is 0 Å². The van der Waals surface area contributed by atoms with Gasteiger partial charge < -0.3 is 10.6 Å². The highest BCUT2D eigenvalue weighted by molar-refractivity contribution is 8.01. The van der Waals surface area contributed by atoms with E-state index in [-0.39, 0.29) is 9.64 Å². The number of hydrogen-bond acceptors (Lipinski definition) is 4. The van der Waals surface area contributed by atoms with E-state index in [1.165, 1.54) is 23.8 Å². The molecule has 1 fully saturated rings. The maximum Gasteiger partial charge on any atom is 0.238 e. The minimum Gasteiger partial charge on any atom is -0.355 e. The molecule has 4 N–H and O–H groups in total. The topological polar surface area (TPSA) is 96.6 Å². The molecule has 2 aromatic rings. The van der Waals surface area contributed by atoms with Crippen molar-refractivity contribution in [3.8, 4) is 0 Å². The van der Waals surface area contributed by atoms with Crippen LogP contribution < -0.4 is 15.8 Å². The molecule has 27 heavy (non-hydrogen) atoms. The number of nitrogens with zero attached hydrogens (tertiary/aromatic N) is 1. The van der Waals surface area contributed by atoms with E-state index in [0.717, 1.165) is 12.1 Å². The van der Waals surface area contributed by atoms with Gasteiger partial charge in [-0.25, -0.2) is 13.6 Å². The Hall–Kier alpha value is -2.03. The van der Waals surface area contributed by atoms with Gasteiger partial charge in [0, 0.05) is 29.8 Å². The lowest BCUT2D eigenvalue weighted by molar-refractivity contribution is 0.597. The molecule has 0 unspecified atom stereocenters. The van der Waals surface area contributed by atoms with Crippen molar-refractivity contribution in [3.63, 3.8) is 0 Å². The molecule has 6 nitrogen and oxygen atoms in total. The van der Waals surface area contributed by atoms with E-state index in [1.807, 2.05) is 23.9 Å². The van der Waals surface area contributed by atoms with Gasteiger partial charge in [0.05, 0.1) is 4.90 Å². The Morgan fingerprint density at radius 3 is 2.52 bits per heavy atom. The molecule has 2 aromatic carbocycles. The zero-order chi connectivity index (χ0) is 19.3. The number of sulfonamides is 1. The van der Waals surface area contributed by atoms with Crippen LogP contribution in [0.25, 0.3) is 0 Å². The maximum absolute atomic E-state index is 11.5.